The van der Waals surface area contributed by atoms with Crippen molar-refractivity contribution in [3.8, 4) is 0 Å². The molecule has 0 amide bonds. The summed E-state index contributed by atoms with van der Waals surface area (Å²) in [5.74, 6) is -2.50. The summed E-state index contributed by atoms with van der Waals surface area (Å²) in [5, 5.41) is 22.2. The van der Waals surface area contributed by atoms with Crippen LogP contribution in [0.15, 0.2) is 0 Å². The minimum atomic E-state index is -0.833. The molecule has 0 heterocycles. The van der Waals surface area contributed by atoms with Gasteiger partial charge in [-0.05, 0) is 0 Å². The van der Waals surface area contributed by atoms with Crippen LogP contribution in [0.25, 0.3) is 0 Å². The summed E-state index contributed by atoms with van der Waals surface area (Å²) in [5.41, 5.74) is 9.81. The van der Waals surface area contributed by atoms with Crippen molar-refractivity contribution >= 4 is 17.9 Å². The van der Waals surface area contributed by atoms with E-state index in [9.17, 15) is 0 Å². The van der Waals surface area contributed by atoms with Crippen LogP contribution < -0.4 is 11.5 Å². The number of carbonyl (C=O) groups is 3. The maximum absolute atomic E-state index is 9.00. The smallest absolute Gasteiger partial charge is 0.300 e. The van der Waals surface area contributed by atoms with Gasteiger partial charge in [-0.15, -0.1) is 0 Å². The summed E-state index contributed by atoms with van der Waals surface area (Å²) in [6, 6.07) is 0. The van der Waals surface area contributed by atoms with Crippen molar-refractivity contribution in [1.82, 2.24) is 0 Å². The zero-order valence-electron chi connectivity index (χ0n) is 9.94. The van der Waals surface area contributed by atoms with Crippen LogP contribution in [0.3, 0.4) is 0 Å². The van der Waals surface area contributed by atoms with Gasteiger partial charge in [-0.1, -0.05) is 0 Å². The summed E-state index contributed by atoms with van der Waals surface area (Å²) in [6.45, 7) is 4.44. The van der Waals surface area contributed by atoms with E-state index in [0.717, 1.165) is 20.8 Å². The summed E-state index contributed by atoms with van der Waals surface area (Å²) in [7, 11) is 0. The Morgan fingerprint density at radius 3 is 0.824 bits per heavy atom. The van der Waals surface area contributed by atoms with Crippen molar-refractivity contribution < 1.29 is 46.8 Å². The molecule has 17 heavy (non-hydrogen) atoms. The van der Waals surface area contributed by atoms with Crippen LogP contribution in [-0.4, -0.2) is 46.3 Å². The van der Waals surface area contributed by atoms with E-state index in [1.54, 1.807) is 0 Å². The Morgan fingerprint density at radius 2 is 0.824 bits per heavy atom. The van der Waals surface area contributed by atoms with Gasteiger partial charge in [-0.2, -0.15) is 0 Å². The van der Waals surface area contributed by atoms with Crippen molar-refractivity contribution in [3.05, 3.63) is 0 Å². The van der Waals surface area contributed by atoms with Gasteiger partial charge in [0.25, 0.3) is 17.9 Å². The van der Waals surface area contributed by atoms with Crippen molar-refractivity contribution in [2.75, 3.05) is 13.1 Å². The number of rotatable bonds is 1. The fraction of sp³-hybridized carbons (Fsp3) is 0.625. The van der Waals surface area contributed by atoms with Crippen molar-refractivity contribution in [2.24, 2.45) is 11.5 Å². The zero-order valence-corrected chi connectivity index (χ0v) is 10.9. The molecular weight excluding hydrogens is 284 g/mol. The van der Waals surface area contributed by atoms with E-state index in [-0.39, 0.29) is 17.1 Å². The fourth-order valence-corrected chi connectivity index (χ4v) is 0. The molecule has 7 N–H and O–H groups in total. The predicted molar refractivity (Wildman–Crippen MR) is 58.0 cm³/mol. The monoisotopic (exact) mass is 303 g/mol. The van der Waals surface area contributed by atoms with Gasteiger partial charge >= 0.3 is 0 Å². The van der Waals surface area contributed by atoms with Crippen molar-refractivity contribution in [1.29, 1.82) is 0 Å². The second-order valence-corrected chi connectivity index (χ2v) is 2.13. The third-order valence-electron chi connectivity index (χ3n) is 0.167. The second-order valence-electron chi connectivity index (χ2n) is 2.13. The molecule has 0 aliphatic heterocycles. The Morgan fingerprint density at radius 1 is 0.765 bits per heavy atom. The summed E-state index contributed by atoms with van der Waals surface area (Å²) < 4.78 is 0. The molecule has 0 unspecified atom stereocenters. The van der Waals surface area contributed by atoms with Crippen LogP contribution in [-0.2, 0) is 31.5 Å². The van der Waals surface area contributed by atoms with E-state index in [1.165, 1.54) is 0 Å². The Labute approximate surface area is 110 Å². The predicted octanol–water partition coefficient (Wildman–Crippen LogP) is -0.826. The number of carboxylic acids is 3. The largest absolute Gasteiger partial charge is 0.481 e. The summed E-state index contributed by atoms with van der Waals surface area (Å²) in [4.78, 5) is 27.0. The fourth-order valence-electron chi connectivity index (χ4n) is 0. The van der Waals surface area contributed by atoms with Gasteiger partial charge in [-0.3, -0.25) is 14.4 Å². The Hall–Kier alpha value is -1.15. The van der Waals surface area contributed by atoms with Gasteiger partial charge in [0.2, 0.25) is 0 Å². The van der Waals surface area contributed by atoms with Crippen molar-refractivity contribution in [3.63, 3.8) is 0 Å². The van der Waals surface area contributed by atoms with Crippen LogP contribution in [0.4, 0.5) is 0 Å². The molecule has 0 aromatic rings. The topological polar surface area (TPSA) is 164 Å². The molecule has 0 spiro atoms. The first-order chi connectivity index (χ1) is 7.11. The zero-order chi connectivity index (χ0) is 14.1. The minimum Gasteiger partial charge on any atom is -0.481 e. The van der Waals surface area contributed by atoms with Crippen LogP contribution in [0.2, 0.25) is 0 Å². The molecule has 0 aliphatic carbocycles. The van der Waals surface area contributed by atoms with Gasteiger partial charge < -0.3 is 26.8 Å². The van der Waals surface area contributed by atoms with E-state index in [2.05, 4.69) is 0 Å². The quantitative estimate of drug-likeness (QED) is 0.392. The molecule has 0 rings (SSSR count). The molecule has 0 aliphatic rings. The van der Waals surface area contributed by atoms with Gasteiger partial charge in [-0.25, -0.2) is 0 Å². The molecule has 0 bridgehead atoms. The molecule has 0 atom stereocenters. The molecule has 9 heteroatoms. The summed E-state index contributed by atoms with van der Waals surface area (Å²) >= 11 is 0. The van der Waals surface area contributed by atoms with E-state index in [0.29, 0.717) is 13.1 Å². The Kier molecular flexibility index (Phi) is 51.3. The first-order valence-electron chi connectivity index (χ1n) is 4.10. The average Bonchev–Trinajstić information content (AvgIpc) is 2.00. The van der Waals surface area contributed by atoms with E-state index in [4.69, 9.17) is 41.2 Å². The van der Waals surface area contributed by atoms with Gasteiger partial charge in [0, 0.05) is 50.9 Å². The Balaban J connectivity index is -0.0000000369. The number of nitrogens with two attached hydrogens (primary N) is 2. The van der Waals surface area contributed by atoms with E-state index in [1.807, 2.05) is 0 Å². The maximum atomic E-state index is 9.00. The maximum Gasteiger partial charge on any atom is 0.300 e. The third kappa shape index (κ3) is 108000. The van der Waals surface area contributed by atoms with Gasteiger partial charge in [0.05, 0.1) is 0 Å². The number of hydrogen-bond acceptors (Lipinski definition) is 5. The Bertz CT molecular complexity index is 146. The number of hydrogen-bond donors (Lipinski definition) is 5. The first-order valence-corrected chi connectivity index (χ1v) is 4.10. The molecule has 0 aromatic heterocycles. The van der Waals surface area contributed by atoms with Crippen LogP contribution in [0.1, 0.15) is 20.8 Å². The molecule has 0 saturated heterocycles. The molecular formula is C8H20CuN2O6. The van der Waals surface area contributed by atoms with Gasteiger partial charge in [0.15, 0.2) is 0 Å². The van der Waals surface area contributed by atoms with Crippen molar-refractivity contribution in [2.45, 2.75) is 20.8 Å². The molecule has 0 fully saturated rings. The average molecular weight is 304 g/mol. The van der Waals surface area contributed by atoms with Gasteiger partial charge in [0.1, 0.15) is 0 Å². The molecule has 0 aromatic carbocycles. The molecule has 1 radical (unpaired) electrons. The van der Waals surface area contributed by atoms with E-state index < -0.39 is 17.9 Å². The molecule has 8 nitrogen and oxygen atoms in total. The number of aliphatic carboxylic acids is 3. The standard InChI is InChI=1S/C2H8N2.3C2H4O2.Cu/c3-1-2-4;3*1-2(3)4;/h1-4H2;3*1H3,(H,3,4);. The minimum absolute atomic E-state index is 0. The van der Waals surface area contributed by atoms with Crippen LogP contribution >= 0.6 is 0 Å². The summed E-state index contributed by atoms with van der Waals surface area (Å²) in [6.07, 6.45) is 0. The van der Waals surface area contributed by atoms with Crippen LogP contribution in [0.5, 0.6) is 0 Å². The first kappa shape index (κ1) is 29.7. The molecule has 109 valence electrons. The number of carboxylic acid groups (broad SMARTS) is 3. The van der Waals surface area contributed by atoms with E-state index >= 15 is 0 Å². The van der Waals surface area contributed by atoms with Crippen LogP contribution in [0, 0.1) is 0 Å². The SMILES string of the molecule is CC(=O)O.CC(=O)O.CC(=O)O.NCCN.[Cu]. The normalized spacial score (nSPS) is 6.18. The molecule has 0 saturated carbocycles. The third-order valence-corrected chi connectivity index (χ3v) is 0.167. The second kappa shape index (κ2) is 29.4.